The number of carbonyl (C=O) groups is 1. The van der Waals surface area contributed by atoms with Gasteiger partial charge in [0.15, 0.2) is 0 Å². The van der Waals surface area contributed by atoms with Crippen LogP contribution in [-0.4, -0.2) is 23.9 Å². The summed E-state index contributed by atoms with van der Waals surface area (Å²) in [6.07, 6.45) is 4.38. The van der Waals surface area contributed by atoms with Crippen LogP contribution in [0.15, 0.2) is 91.0 Å². The molecule has 4 heteroatoms. The van der Waals surface area contributed by atoms with Crippen LogP contribution >= 0.6 is 22.6 Å². The molecule has 3 nitrogen and oxygen atoms in total. The number of carbonyl (C=O) groups excluding carboxylic acids is 1. The first kappa shape index (κ1) is 26.9. The highest BCUT2D eigenvalue weighted by molar-refractivity contribution is 14.1. The van der Waals surface area contributed by atoms with Crippen molar-refractivity contribution in [1.29, 1.82) is 0 Å². The first-order chi connectivity index (χ1) is 18.5. The predicted molar refractivity (Wildman–Crippen MR) is 166 cm³/mol. The van der Waals surface area contributed by atoms with Crippen LogP contribution in [0.4, 0.5) is 0 Å². The molecule has 1 aliphatic rings. The molecule has 2 atom stereocenters. The highest BCUT2D eigenvalue weighted by Crippen LogP contribution is 2.30. The summed E-state index contributed by atoms with van der Waals surface area (Å²) in [5.74, 6) is 0.693. The number of hydrogen-bond donors (Lipinski definition) is 1. The Morgan fingerprint density at radius 1 is 0.895 bits per heavy atom. The van der Waals surface area contributed by atoms with Crippen molar-refractivity contribution in [3.05, 3.63) is 117 Å². The average Bonchev–Trinajstić information content (AvgIpc) is 2.96. The molecule has 0 aromatic heterocycles. The van der Waals surface area contributed by atoms with Crippen LogP contribution in [0.2, 0.25) is 0 Å². The molecular weight excluding hydrogens is 579 g/mol. The predicted octanol–water partition coefficient (Wildman–Crippen LogP) is 8.34. The van der Waals surface area contributed by atoms with Gasteiger partial charge in [0.05, 0.1) is 6.04 Å². The van der Waals surface area contributed by atoms with E-state index in [0.717, 1.165) is 37.1 Å². The molecule has 1 amide bonds. The van der Waals surface area contributed by atoms with Gasteiger partial charge in [0, 0.05) is 15.2 Å². The number of hydrogen-bond acceptors (Lipinski definition) is 2. The Hall–Kier alpha value is -2.70. The number of likely N-dealkylation sites (tertiary alicyclic amines) is 1. The molecule has 0 aliphatic carbocycles. The highest BCUT2D eigenvalue weighted by Gasteiger charge is 2.24. The molecule has 4 aromatic rings. The van der Waals surface area contributed by atoms with E-state index in [9.17, 15) is 4.79 Å². The summed E-state index contributed by atoms with van der Waals surface area (Å²) in [6.45, 7) is 6.72. The summed E-state index contributed by atoms with van der Waals surface area (Å²) in [4.78, 5) is 15.6. The standard InChI is InChI=1S/C34H37IN2O/c1-3-33(28-14-16-32(35)17-15-28)36-34(38)29-10-8-25(9-11-29)22-26-18-20-37(21-19-26)24(2)30-13-12-27-6-4-5-7-31(27)23-30/h4-17,23-24,26,33H,3,18-22H2,1-2H3,(H,36,38)/t24?,33-/m1/s1. The molecule has 0 saturated carbocycles. The topological polar surface area (TPSA) is 32.3 Å². The van der Waals surface area contributed by atoms with Crippen molar-refractivity contribution >= 4 is 39.3 Å². The summed E-state index contributed by atoms with van der Waals surface area (Å²) < 4.78 is 1.20. The quantitative estimate of drug-likeness (QED) is 0.202. The van der Waals surface area contributed by atoms with E-state index < -0.39 is 0 Å². The SMILES string of the molecule is CC[C@@H](NC(=O)c1ccc(CC2CCN(C(C)c3ccc4ccccc4c3)CC2)cc1)c1ccc(I)cc1. The second-order valence-electron chi connectivity index (χ2n) is 10.6. The Morgan fingerprint density at radius 2 is 1.55 bits per heavy atom. The lowest BCUT2D eigenvalue weighted by Crippen LogP contribution is -2.36. The molecule has 4 aromatic carbocycles. The van der Waals surface area contributed by atoms with Gasteiger partial charge in [-0.15, -0.1) is 0 Å². The number of halogens is 1. The average molecular weight is 617 g/mol. The first-order valence-corrected chi connectivity index (χ1v) is 15.0. The molecule has 0 spiro atoms. The van der Waals surface area contributed by atoms with Gasteiger partial charge < -0.3 is 5.32 Å². The molecule has 1 fully saturated rings. The second kappa shape index (κ2) is 12.4. The third kappa shape index (κ3) is 6.47. The van der Waals surface area contributed by atoms with Crippen LogP contribution in [-0.2, 0) is 6.42 Å². The van der Waals surface area contributed by atoms with Gasteiger partial charge in [-0.1, -0.05) is 67.6 Å². The van der Waals surface area contributed by atoms with Crippen molar-refractivity contribution in [3.63, 3.8) is 0 Å². The minimum Gasteiger partial charge on any atom is -0.345 e. The number of fused-ring (bicyclic) bond motifs is 1. The number of piperidine rings is 1. The molecule has 196 valence electrons. The summed E-state index contributed by atoms with van der Waals surface area (Å²) >= 11 is 2.31. The number of amides is 1. The van der Waals surface area contributed by atoms with E-state index in [1.54, 1.807) is 0 Å². The van der Waals surface area contributed by atoms with E-state index in [4.69, 9.17) is 0 Å². The van der Waals surface area contributed by atoms with E-state index in [1.807, 2.05) is 12.1 Å². The van der Waals surface area contributed by atoms with Gasteiger partial charge in [-0.25, -0.2) is 0 Å². The maximum atomic E-state index is 12.9. The zero-order valence-electron chi connectivity index (χ0n) is 22.4. The van der Waals surface area contributed by atoms with Gasteiger partial charge in [0.25, 0.3) is 5.91 Å². The molecule has 1 saturated heterocycles. The lowest BCUT2D eigenvalue weighted by Gasteiger charge is -2.36. The summed E-state index contributed by atoms with van der Waals surface area (Å²) in [6, 6.07) is 32.6. The maximum Gasteiger partial charge on any atom is 0.251 e. The summed E-state index contributed by atoms with van der Waals surface area (Å²) in [5, 5.41) is 5.84. The van der Waals surface area contributed by atoms with Crippen molar-refractivity contribution in [1.82, 2.24) is 10.2 Å². The van der Waals surface area contributed by atoms with Crippen molar-refractivity contribution in [2.24, 2.45) is 5.92 Å². The monoisotopic (exact) mass is 616 g/mol. The van der Waals surface area contributed by atoms with Crippen molar-refractivity contribution in [2.45, 2.75) is 51.6 Å². The lowest BCUT2D eigenvalue weighted by molar-refractivity contribution is 0.0935. The Morgan fingerprint density at radius 3 is 2.24 bits per heavy atom. The van der Waals surface area contributed by atoms with Gasteiger partial charge in [0.1, 0.15) is 0 Å². The minimum absolute atomic E-state index is 0.00191. The fourth-order valence-corrected chi connectivity index (χ4v) is 6.07. The van der Waals surface area contributed by atoms with Crippen LogP contribution < -0.4 is 5.32 Å². The van der Waals surface area contributed by atoms with Gasteiger partial charge in [-0.3, -0.25) is 9.69 Å². The fraction of sp³-hybridized carbons (Fsp3) is 0.324. The smallest absolute Gasteiger partial charge is 0.251 e. The first-order valence-electron chi connectivity index (χ1n) is 13.9. The molecule has 1 aliphatic heterocycles. The summed E-state index contributed by atoms with van der Waals surface area (Å²) in [5.41, 5.74) is 4.62. The van der Waals surface area contributed by atoms with Gasteiger partial charge >= 0.3 is 0 Å². The van der Waals surface area contributed by atoms with Crippen LogP contribution in [0.25, 0.3) is 10.8 Å². The zero-order valence-corrected chi connectivity index (χ0v) is 24.5. The van der Waals surface area contributed by atoms with Crippen molar-refractivity contribution in [2.75, 3.05) is 13.1 Å². The third-order valence-corrected chi connectivity index (χ3v) is 8.90. The second-order valence-corrected chi connectivity index (χ2v) is 11.9. The zero-order chi connectivity index (χ0) is 26.5. The third-order valence-electron chi connectivity index (χ3n) is 8.18. The Balaban J connectivity index is 1.13. The highest BCUT2D eigenvalue weighted by atomic mass is 127. The normalized spacial score (nSPS) is 16.3. The molecule has 0 bridgehead atoms. The lowest BCUT2D eigenvalue weighted by atomic mass is 9.88. The molecule has 1 unspecified atom stereocenters. The Labute approximate surface area is 240 Å². The van der Waals surface area contributed by atoms with Gasteiger partial charge in [-0.05, 0) is 132 Å². The van der Waals surface area contributed by atoms with E-state index in [2.05, 4.69) is 126 Å². The maximum absolute atomic E-state index is 12.9. The molecule has 38 heavy (non-hydrogen) atoms. The number of rotatable bonds is 8. The molecule has 0 radical (unpaired) electrons. The van der Waals surface area contributed by atoms with E-state index >= 15 is 0 Å². The van der Waals surface area contributed by atoms with Crippen molar-refractivity contribution in [3.8, 4) is 0 Å². The molecule has 1 N–H and O–H groups in total. The molecule has 1 heterocycles. The summed E-state index contributed by atoms with van der Waals surface area (Å²) in [7, 11) is 0. The molecular formula is C34H37IN2O. The van der Waals surface area contributed by atoms with Gasteiger partial charge in [0.2, 0.25) is 0 Å². The van der Waals surface area contributed by atoms with E-state index in [1.165, 1.54) is 38.3 Å². The van der Waals surface area contributed by atoms with Crippen molar-refractivity contribution < 1.29 is 4.79 Å². The number of benzene rings is 4. The largest absolute Gasteiger partial charge is 0.345 e. The Bertz CT molecular complexity index is 1360. The van der Waals surface area contributed by atoms with Crippen LogP contribution in [0.3, 0.4) is 0 Å². The van der Waals surface area contributed by atoms with Crippen LogP contribution in [0, 0.1) is 9.49 Å². The number of nitrogens with zero attached hydrogens (tertiary/aromatic N) is 1. The van der Waals surface area contributed by atoms with Crippen LogP contribution in [0.1, 0.15) is 72.2 Å². The van der Waals surface area contributed by atoms with Crippen LogP contribution in [0.5, 0.6) is 0 Å². The molecule has 5 rings (SSSR count). The Kier molecular flexibility index (Phi) is 8.80. The van der Waals surface area contributed by atoms with E-state index in [0.29, 0.717) is 12.0 Å². The van der Waals surface area contributed by atoms with E-state index in [-0.39, 0.29) is 11.9 Å². The van der Waals surface area contributed by atoms with Gasteiger partial charge in [-0.2, -0.15) is 0 Å². The fourth-order valence-electron chi connectivity index (χ4n) is 5.71. The number of nitrogens with one attached hydrogen (secondary N) is 1. The minimum atomic E-state index is -0.00191.